The highest BCUT2D eigenvalue weighted by molar-refractivity contribution is 5.74. The van der Waals surface area contributed by atoms with Crippen LogP contribution in [0.15, 0.2) is 146 Å². The summed E-state index contributed by atoms with van der Waals surface area (Å²) in [5.74, 6) is 3.26. The van der Waals surface area contributed by atoms with E-state index >= 15 is 0 Å². The van der Waals surface area contributed by atoms with E-state index in [1.165, 1.54) is 36.8 Å². The van der Waals surface area contributed by atoms with Crippen LogP contribution in [0.25, 0.3) is 67.5 Å². The maximum absolute atomic E-state index is 9.22. The van der Waals surface area contributed by atoms with Crippen molar-refractivity contribution in [3.63, 3.8) is 0 Å². The molecule has 0 amide bonds. The van der Waals surface area contributed by atoms with Crippen molar-refractivity contribution in [1.29, 1.82) is 10.5 Å². The van der Waals surface area contributed by atoms with Gasteiger partial charge in [0.1, 0.15) is 0 Å². The second kappa shape index (κ2) is 15.6. The Kier molecular flexibility index (Phi) is 10.1. The van der Waals surface area contributed by atoms with Crippen LogP contribution in [0.5, 0.6) is 0 Å². The summed E-state index contributed by atoms with van der Waals surface area (Å²) in [6.45, 7) is 7.28. The van der Waals surface area contributed by atoms with Crippen LogP contribution in [0, 0.1) is 34.5 Å². The minimum Gasteiger partial charge on any atom is -0.208 e. The Labute approximate surface area is 330 Å². The molecule has 1 aliphatic rings. The van der Waals surface area contributed by atoms with Gasteiger partial charge in [-0.25, -0.2) is 15.0 Å². The lowest BCUT2D eigenvalue weighted by atomic mass is 9.72. The third-order valence-corrected chi connectivity index (χ3v) is 11.4. The van der Waals surface area contributed by atoms with E-state index < -0.39 is 0 Å². The summed E-state index contributed by atoms with van der Waals surface area (Å²) in [6, 6.07) is 53.7. The van der Waals surface area contributed by atoms with E-state index in [1.54, 1.807) is 0 Å². The van der Waals surface area contributed by atoms with Crippen LogP contribution >= 0.6 is 0 Å². The van der Waals surface area contributed by atoms with E-state index in [2.05, 4.69) is 106 Å². The summed E-state index contributed by atoms with van der Waals surface area (Å²) in [5.41, 5.74) is 12.1. The van der Waals surface area contributed by atoms with Crippen molar-refractivity contribution in [2.75, 3.05) is 0 Å². The standard InChI is InChI=1S/C51H43N5/c1-34-4-5-35(2)31-51(3,30-34)47-28-26-43(27-29-47)42-18-24-46(25-19-42)50-55-48(44-20-14-40(15-21-44)38-10-6-36(32-52)7-11-38)54-49(56-50)45-22-16-41(17-23-45)39-12-8-37(33-53)9-13-39/h6-29,34-35H,4-5,30-31H2,1-3H3/t34-,35+,51?. The zero-order valence-electron chi connectivity index (χ0n) is 32.1. The molecule has 5 nitrogen and oxygen atoms in total. The molecule has 56 heavy (non-hydrogen) atoms. The molecular formula is C51H43N5. The van der Waals surface area contributed by atoms with Crippen LogP contribution < -0.4 is 0 Å². The fourth-order valence-corrected chi connectivity index (χ4v) is 8.37. The second-order valence-electron chi connectivity index (χ2n) is 15.8. The summed E-state index contributed by atoms with van der Waals surface area (Å²) in [5, 5.41) is 18.4. The fourth-order valence-electron chi connectivity index (χ4n) is 8.37. The normalized spacial score (nSPS) is 18.0. The average Bonchev–Trinajstić information content (AvgIpc) is 3.39. The summed E-state index contributed by atoms with van der Waals surface area (Å²) < 4.78 is 0. The molecule has 1 aliphatic carbocycles. The molecular weight excluding hydrogens is 683 g/mol. The molecule has 0 spiro atoms. The van der Waals surface area contributed by atoms with Crippen molar-refractivity contribution in [2.45, 2.75) is 51.9 Å². The van der Waals surface area contributed by atoms with Gasteiger partial charge in [0.25, 0.3) is 0 Å². The molecule has 5 heteroatoms. The summed E-state index contributed by atoms with van der Waals surface area (Å²) >= 11 is 0. The Hall–Kier alpha value is -6.69. The van der Waals surface area contributed by atoms with Gasteiger partial charge < -0.3 is 0 Å². The van der Waals surface area contributed by atoms with Gasteiger partial charge >= 0.3 is 0 Å². The topological polar surface area (TPSA) is 86.2 Å². The smallest absolute Gasteiger partial charge is 0.164 e. The largest absolute Gasteiger partial charge is 0.208 e. The molecule has 1 fully saturated rings. The number of aromatic nitrogens is 3. The van der Waals surface area contributed by atoms with E-state index in [1.807, 2.05) is 72.8 Å². The Morgan fingerprint density at radius 1 is 0.411 bits per heavy atom. The summed E-state index contributed by atoms with van der Waals surface area (Å²) in [4.78, 5) is 15.0. The predicted molar refractivity (Wildman–Crippen MR) is 226 cm³/mol. The molecule has 0 aliphatic heterocycles. The van der Waals surface area contributed by atoms with E-state index in [-0.39, 0.29) is 5.41 Å². The molecule has 1 unspecified atom stereocenters. The molecule has 1 saturated carbocycles. The SMILES string of the molecule is C[C@@H]1CC[C@H](C)CC(C)(c2ccc(-c3ccc(-c4nc(-c5ccc(-c6ccc(C#N)cc6)cc5)nc(-c5ccc(-c6ccc(C#N)cc6)cc5)n4)cc3)cc2)C1. The van der Waals surface area contributed by atoms with Crippen LogP contribution in [-0.4, -0.2) is 15.0 Å². The molecule has 0 N–H and O–H groups in total. The third kappa shape index (κ3) is 7.76. The van der Waals surface area contributed by atoms with Gasteiger partial charge in [0.15, 0.2) is 17.5 Å². The number of rotatable bonds is 7. The minimum absolute atomic E-state index is 0.208. The highest BCUT2D eigenvalue weighted by Gasteiger charge is 2.33. The highest BCUT2D eigenvalue weighted by Crippen LogP contribution is 2.43. The lowest BCUT2D eigenvalue weighted by molar-refractivity contribution is 0.333. The second-order valence-corrected chi connectivity index (χ2v) is 15.8. The van der Waals surface area contributed by atoms with Gasteiger partial charge in [0.05, 0.1) is 23.3 Å². The van der Waals surface area contributed by atoms with Crippen molar-refractivity contribution >= 4 is 0 Å². The molecule has 7 aromatic rings. The van der Waals surface area contributed by atoms with Crippen LogP contribution in [0.1, 0.15) is 63.1 Å². The van der Waals surface area contributed by atoms with Crippen LogP contribution in [0.2, 0.25) is 0 Å². The number of nitrogens with zero attached hydrogens (tertiary/aromatic N) is 5. The average molecular weight is 726 g/mol. The van der Waals surface area contributed by atoms with Gasteiger partial charge in [-0.1, -0.05) is 155 Å². The van der Waals surface area contributed by atoms with Gasteiger partial charge in [-0.2, -0.15) is 10.5 Å². The Balaban J connectivity index is 1.11. The predicted octanol–water partition coefficient (Wildman–Crippen LogP) is 12.7. The maximum Gasteiger partial charge on any atom is 0.164 e. The van der Waals surface area contributed by atoms with Gasteiger partial charge in [-0.05, 0) is 93.3 Å². The van der Waals surface area contributed by atoms with Gasteiger partial charge in [0, 0.05) is 16.7 Å². The molecule has 1 aromatic heterocycles. The number of hydrogen-bond acceptors (Lipinski definition) is 5. The first kappa shape index (κ1) is 36.3. The molecule has 1 heterocycles. The Morgan fingerprint density at radius 2 is 0.661 bits per heavy atom. The zero-order valence-corrected chi connectivity index (χ0v) is 32.1. The molecule has 3 atom stereocenters. The lowest BCUT2D eigenvalue weighted by Crippen LogP contribution is -2.24. The molecule has 272 valence electrons. The van der Waals surface area contributed by atoms with Crippen LogP contribution in [0.4, 0.5) is 0 Å². The van der Waals surface area contributed by atoms with Crippen molar-refractivity contribution in [2.24, 2.45) is 11.8 Å². The number of nitriles is 2. The van der Waals surface area contributed by atoms with Crippen molar-refractivity contribution < 1.29 is 0 Å². The summed E-state index contributed by atoms with van der Waals surface area (Å²) in [6.07, 6.45) is 5.13. The monoisotopic (exact) mass is 725 g/mol. The first-order valence-corrected chi connectivity index (χ1v) is 19.5. The van der Waals surface area contributed by atoms with Gasteiger partial charge in [-0.3, -0.25) is 0 Å². The molecule has 0 saturated heterocycles. The van der Waals surface area contributed by atoms with Gasteiger partial charge in [-0.15, -0.1) is 0 Å². The number of benzene rings is 6. The molecule has 0 bridgehead atoms. The van der Waals surface area contributed by atoms with E-state index in [0.717, 1.165) is 56.3 Å². The first-order valence-electron chi connectivity index (χ1n) is 19.5. The Bertz CT molecular complexity index is 2410. The maximum atomic E-state index is 9.22. The zero-order chi connectivity index (χ0) is 38.6. The van der Waals surface area contributed by atoms with Crippen molar-refractivity contribution in [1.82, 2.24) is 15.0 Å². The first-order chi connectivity index (χ1) is 27.3. The van der Waals surface area contributed by atoms with E-state index in [9.17, 15) is 10.5 Å². The van der Waals surface area contributed by atoms with E-state index in [4.69, 9.17) is 15.0 Å². The molecule has 0 radical (unpaired) electrons. The lowest BCUT2D eigenvalue weighted by Gasteiger charge is -2.32. The fraction of sp³-hybridized carbons (Fsp3) is 0.196. The molecule has 6 aromatic carbocycles. The molecule has 8 rings (SSSR count). The summed E-state index contributed by atoms with van der Waals surface area (Å²) in [7, 11) is 0. The quantitative estimate of drug-likeness (QED) is 0.153. The van der Waals surface area contributed by atoms with Gasteiger partial charge in [0.2, 0.25) is 0 Å². The Morgan fingerprint density at radius 3 is 0.946 bits per heavy atom. The van der Waals surface area contributed by atoms with Crippen LogP contribution in [0.3, 0.4) is 0 Å². The highest BCUT2D eigenvalue weighted by atomic mass is 15.0. The van der Waals surface area contributed by atoms with Crippen molar-refractivity contribution in [3.8, 4) is 79.7 Å². The van der Waals surface area contributed by atoms with E-state index in [0.29, 0.717) is 28.6 Å². The third-order valence-electron chi connectivity index (χ3n) is 11.4. The minimum atomic E-state index is 0.208. The van der Waals surface area contributed by atoms with Crippen LogP contribution in [-0.2, 0) is 5.41 Å². The number of hydrogen-bond donors (Lipinski definition) is 0. The van der Waals surface area contributed by atoms with Crippen molar-refractivity contribution in [3.05, 3.63) is 162 Å².